The maximum Gasteiger partial charge on any atom is 0.196 e. The monoisotopic (exact) mass is 111 g/mol. The molecular formula is C5H9N3+2. The number of quaternary nitrogens is 1. The van der Waals surface area contributed by atoms with E-state index in [9.17, 15) is 0 Å². The maximum atomic E-state index is 5.43. The van der Waals surface area contributed by atoms with Crippen LogP contribution in [0.2, 0.25) is 0 Å². The Kier molecular flexibility index (Phi) is 1.13. The van der Waals surface area contributed by atoms with Crippen molar-refractivity contribution in [1.82, 2.24) is 0 Å². The molecule has 0 aliphatic rings. The van der Waals surface area contributed by atoms with Crippen LogP contribution in [0.3, 0.4) is 0 Å². The van der Waals surface area contributed by atoms with Crippen LogP contribution in [0, 0.1) is 0 Å². The summed E-state index contributed by atoms with van der Waals surface area (Å²) in [6.07, 6.45) is 3.50. The summed E-state index contributed by atoms with van der Waals surface area (Å²) in [5.41, 5.74) is 10.7. The topological polar surface area (TPSA) is 67.8 Å². The molecule has 8 heavy (non-hydrogen) atoms. The van der Waals surface area contributed by atoms with Gasteiger partial charge >= 0.3 is 0 Å². The molecule has 1 rings (SSSR count). The van der Waals surface area contributed by atoms with Gasteiger partial charge in [0.25, 0.3) is 0 Å². The zero-order chi connectivity index (χ0) is 5.98. The summed E-state index contributed by atoms with van der Waals surface area (Å²) in [6, 6.07) is 1.83. The van der Waals surface area contributed by atoms with Crippen molar-refractivity contribution in [2.45, 2.75) is 0 Å². The molecule has 0 radical (unpaired) electrons. The first-order valence-electron chi connectivity index (χ1n) is 2.38. The number of pyridine rings is 1. The standard InChI is InChI=1S/C5H7N3/c6-4-1-2-8-3-5(4)7/h1-3H,7H2,(H2,6,8)/p+2. The van der Waals surface area contributed by atoms with Gasteiger partial charge in [0.05, 0.1) is 6.07 Å². The molecule has 6 N–H and O–H groups in total. The third-order valence-corrected chi connectivity index (χ3v) is 0.990. The molecule has 0 unspecified atom stereocenters. The van der Waals surface area contributed by atoms with Crippen LogP contribution in [0.5, 0.6) is 0 Å². The molecule has 0 fully saturated rings. The molecule has 1 heterocycles. The first kappa shape index (κ1) is 5.05. The Morgan fingerprint density at radius 1 is 1.62 bits per heavy atom. The van der Waals surface area contributed by atoms with E-state index in [-0.39, 0.29) is 0 Å². The van der Waals surface area contributed by atoms with E-state index in [2.05, 4.69) is 10.7 Å². The fourth-order valence-corrected chi connectivity index (χ4v) is 0.476. The van der Waals surface area contributed by atoms with Gasteiger partial charge in [-0.15, -0.1) is 0 Å². The van der Waals surface area contributed by atoms with Crippen LogP contribution < -0.4 is 16.5 Å². The van der Waals surface area contributed by atoms with Crippen LogP contribution in [0.25, 0.3) is 0 Å². The molecule has 0 aliphatic carbocycles. The minimum absolute atomic E-state index is 0.701. The Morgan fingerprint density at radius 3 is 2.75 bits per heavy atom. The molecule has 0 saturated heterocycles. The summed E-state index contributed by atoms with van der Waals surface area (Å²) < 4.78 is 0. The molecule has 3 nitrogen and oxygen atoms in total. The van der Waals surface area contributed by atoms with Crippen LogP contribution in [0.1, 0.15) is 0 Å². The Bertz CT molecular complexity index is 164. The third kappa shape index (κ3) is 0.764. The van der Waals surface area contributed by atoms with Gasteiger partial charge < -0.3 is 11.5 Å². The van der Waals surface area contributed by atoms with Crippen molar-refractivity contribution >= 4 is 11.4 Å². The van der Waals surface area contributed by atoms with E-state index in [0.717, 1.165) is 5.69 Å². The van der Waals surface area contributed by atoms with E-state index in [1.165, 1.54) is 0 Å². The average Bonchev–Trinajstić information content (AvgIpc) is 1.77. The maximum absolute atomic E-state index is 5.43. The Balaban J connectivity index is 3.13. The number of hydrogen-bond acceptors (Lipinski definition) is 1. The first-order chi connectivity index (χ1) is 3.80. The van der Waals surface area contributed by atoms with Gasteiger partial charge in [-0.2, -0.15) is 0 Å². The van der Waals surface area contributed by atoms with Gasteiger partial charge in [-0.1, -0.05) is 0 Å². The lowest BCUT2D eigenvalue weighted by atomic mass is 10.4. The summed E-state index contributed by atoms with van der Waals surface area (Å²) in [4.78, 5) is 2.84. The highest BCUT2D eigenvalue weighted by atomic mass is 14.7. The van der Waals surface area contributed by atoms with Crippen molar-refractivity contribution in [3.05, 3.63) is 18.5 Å². The Labute approximate surface area is 47.3 Å². The van der Waals surface area contributed by atoms with Crippen molar-refractivity contribution in [1.29, 1.82) is 0 Å². The summed E-state index contributed by atoms with van der Waals surface area (Å²) in [5, 5.41) is 0. The number of aromatic amines is 1. The molecule has 1 aromatic rings. The van der Waals surface area contributed by atoms with Gasteiger partial charge in [0.1, 0.15) is 0 Å². The molecule has 0 amide bonds. The van der Waals surface area contributed by atoms with Crippen molar-refractivity contribution in [2.24, 2.45) is 0 Å². The fourth-order valence-electron chi connectivity index (χ4n) is 0.476. The highest BCUT2D eigenvalue weighted by Gasteiger charge is 1.95. The van der Waals surface area contributed by atoms with Crippen LogP contribution in [0.15, 0.2) is 18.5 Å². The van der Waals surface area contributed by atoms with Gasteiger partial charge in [-0.3, -0.25) is 0 Å². The van der Waals surface area contributed by atoms with Crippen LogP contribution in [0.4, 0.5) is 11.4 Å². The third-order valence-electron chi connectivity index (χ3n) is 0.990. The molecule has 0 atom stereocenters. The number of H-pyrrole nitrogens is 1. The second kappa shape index (κ2) is 1.79. The summed E-state index contributed by atoms with van der Waals surface area (Å²) in [6.45, 7) is 0. The largest absolute Gasteiger partial charge is 0.389 e. The number of aromatic nitrogens is 1. The molecule has 0 aliphatic heterocycles. The van der Waals surface area contributed by atoms with Gasteiger partial charge in [0.2, 0.25) is 0 Å². The molecule has 0 saturated carbocycles. The van der Waals surface area contributed by atoms with E-state index in [0.29, 0.717) is 5.69 Å². The zero-order valence-corrected chi connectivity index (χ0v) is 4.52. The first-order valence-corrected chi connectivity index (χ1v) is 2.38. The molecule has 0 aromatic carbocycles. The van der Waals surface area contributed by atoms with Gasteiger partial charge in [-0.25, -0.2) is 4.98 Å². The highest BCUT2D eigenvalue weighted by molar-refractivity contribution is 5.52. The quantitative estimate of drug-likeness (QED) is 0.441. The predicted molar refractivity (Wildman–Crippen MR) is 30.0 cm³/mol. The van der Waals surface area contributed by atoms with E-state index in [4.69, 9.17) is 5.73 Å². The number of nitrogens with one attached hydrogen (secondary N) is 1. The van der Waals surface area contributed by atoms with Crippen molar-refractivity contribution in [3.8, 4) is 0 Å². The lowest BCUT2D eigenvalue weighted by Gasteiger charge is -1.84. The lowest BCUT2D eigenvalue weighted by Crippen LogP contribution is -2.41. The van der Waals surface area contributed by atoms with Crippen molar-refractivity contribution in [3.63, 3.8) is 0 Å². The van der Waals surface area contributed by atoms with E-state index >= 15 is 0 Å². The highest BCUT2D eigenvalue weighted by Crippen LogP contribution is 2.03. The van der Waals surface area contributed by atoms with Gasteiger partial charge in [-0.05, 0) is 0 Å². The van der Waals surface area contributed by atoms with Crippen molar-refractivity contribution < 1.29 is 10.7 Å². The summed E-state index contributed by atoms with van der Waals surface area (Å²) >= 11 is 0. The molecule has 0 bridgehead atoms. The molecule has 0 spiro atoms. The number of nitrogens with two attached hydrogens (primary N) is 1. The summed E-state index contributed by atoms with van der Waals surface area (Å²) in [7, 11) is 0. The molecule has 3 heteroatoms. The molecule has 1 aromatic heterocycles. The predicted octanol–water partition coefficient (Wildman–Crippen LogP) is -1.04. The number of rotatable bonds is 0. The van der Waals surface area contributed by atoms with Crippen LogP contribution in [-0.4, -0.2) is 0 Å². The smallest absolute Gasteiger partial charge is 0.196 e. The molecular weight excluding hydrogens is 102 g/mol. The zero-order valence-electron chi connectivity index (χ0n) is 4.52. The Morgan fingerprint density at radius 2 is 2.38 bits per heavy atom. The van der Waals surface area contributed by atoms with Gasteiger partial charge in [0.15, 0.2) is 23.8 Å². The minimum Gasteiger partial charge on any atom is -0.389 e. The van der Waals surface area contributed by atoms with E-state index in [1.54, 1.807) is 12.4 Å². The Hall–Kier alpha value is -1.09. The van der Waals surface area contributed by atoms with Crippen molar-refractivity contribution in [2.75, 3.05) is 5.73 Å². The SMILES string of the molecule is Nc1c[nH+]ccc1[NH3+]. The summed E-state index contributed by atoms with van der Waals surface area (Å²) in [5.74, 6) is 0. The van der Waals surface area contributed by atoms with Gasteiger partial charge in [0, 0.05) is 0 Å². The van der Waals surface area contributed by atoms with E-state index in [1.807, 2.05) is 6.07 Å². The van der Waals surface area contributed by atoms with Crippen LogP contribution in [-0.2, 0) is 0 Å². The number of nitrogen functional groups attached to an aromatic ring is 1. The average molecular weight is 111 g/mol. The number of anilines is 1. The normalized spacial score (nSPS) is 9.12. The second-order valence-electron chi connectivity index (χ2n) is 1.62. The van der Waals surface area contributed by atoms with E-state index < -0.39 is 0 Å². The minimum atomic E-state index is 0.701. The molecule has 42 valence electrons. The fraction of sp³-hybridized carbons (Fsp3) is 0. The lowest BCUT2D eigenvalue weighted by molar-refractivity contribution is -0.379. The van der Waals surface area contributed by atoms with Crippen LogP contribution >= 0.6 is 0 Å². The number of hydrogen-bond donors (Lipinski definition) is 2. The second-order valence-corrected chi connectivity index (χ2v) is 1.62.